The van der Waals surface area contributed by atoms with Crippen molar-refractivity contribution >= 4 is 17.5 Å². The molecular formula is C18H28O4. The monoisotopic (exact) mass is 308 g/mol. The van der Waals surface area contributed by atoms with Gasteiger partial charge in [-0.25, -0.2) is 0 Å². The maximum absolute atomic E-state index is 11.5. The Morgan fingerprint density at radius 1 is 0.727 bits per heavy atom. The highest BCUT2D eigenvalue weighted by molar-refractivity contribution is 5.91. The Kier molecular flexibility index (Phi) is 13.1. The van der Waals surface area contributed by atoms with Crippen LogP contribution in [0.5, 0.6) is 0 Å². The minimum Gasteiger partial charge on any atom is -0.481 e. The number of ketones is 2. The Bertz CT molecular complexity index is 394. The van der Waals surface area contributed by atoms with Crippen LogP contribution in [0.3, 0.4) is 0 Å². The summed E-state index contributed by atoms with van der Waals surface area (Å²) in [6.45, 7) is 2.16. The Labute approximate surface area is 133 Å². The lowest BCUT2D eigenvalue weighted by molar-refractivity contribution is -0.137. The average molecular weight is 308 g/mol. The van der Waals surface area contributed by atoms with Crippen molar-refractivity contribution in [1.29, 1.82) is 0 Å². The summed E-state index contributed by atoms with van der Waals surface area (Å²) in [5.41, 5.74) is 0. The third-order valence-electron chi connectivity index (χ3n) is 3.27. The summed E-state index contributed by atoms with van der Waals surface area (Å²) in [5, 5.41) is 8.47. The van der Waals surface area contributed by atoms with E-state index in [1.165, 1.54) is 31.4 Å². The number of hydrogen-bond donors (Lipinski definition) is 1. The zero-order chi connectivity index (χ0) is 16.6. The van der Waals surface area contributed by atoms with Crippen LogP contribution < -0.4 is 0 Å². The molecular weight excluding hydrogens is 280 g/mol. The van der Waals surface area contributed by atoms with E-state index in [4.69, 9.17) is 5.11 Å². The van der Waals surface area contributed by atoms with Crippen LogP contribution in [0.2, 0.25) is 0 Å². The fraction of sp³-hybridized carbons (Fsp3) is 0.611. The minimum atomic E-state index is -0.834. The molecule has 0 aromatic heterocycles. The van der Waals surface area contributed by atoms with Crippen molar-refractivity contribution in [2.75, 3.05) is 0 Å². The number of carboxylic acid groups (broad SMARTS) is 1. The van der Waals surface area contributed by atoms with E-state index in [-0.39, 0.29) is 18.0 Å². The quantitative estimate of drug-likeness (QED) is 0.296. The van der Waals surface area contributed by atoms with E-state index in [2.05, 4.69) is 6.92 Å². The van der Waals surface area contributed by atoms with Gasteiger partial charge < -0.3 is 5.11 Å². The van der Waals surface area contributed by atoms with Crippen LogP contribution in [-0.4, -0.2) is 22.6 Å². The molecule has 0 saturated carbocycles. The van der Waals surface area contributed by atoms with Crippen molar-refractivity contribution in [2.24, 2.45) is 0 Å². The minimum absolute atomic E-state index is 0.0398. The van der Waals surface area contributed by atoms with Gasteiger partial charge in [-0.1, -0.05) is 44.8 Å². The smallest absolute Gasteiger partial charge is 0.303 e. The van der Waals surface area contributed by atoms with Crippen LogP contribution in [-0.2, 0) is 14.4 Å². The van der Waals surface area contributed by atoms with Gasteiger partial charge in [0.05, 0.1) is 0 Å². The largest absolute Gasteiger partial charge is 0.481 e. The predicted molar refractivity (Wildman–Crippen MR) is 87.8 cm³/mol. The second kappa shape index (κ2) is 14.2. The van der Waals surface area contributed by atoms with Crippen LogP contribution in [0.1, 0.15) is 71.1 Å². The van der Waals surface area contributed by atoms with Gasteiger partial charge in [-0.3, -0.25) is 14.4 Å². The number of carbonyl (C=O) groups excluding carboxylic acids is 2. The Morgan fingerprint density at radius 3 is 1.68 bits per heavy atom. The second-order valence-electron chi connectivity index (χ2n) is 5.42. The Hall–Kier alpha value is -1.71. The molecule has 0 aromatic carbocycles. The fourth-order valence-corrected chi connectivity index (χ4v) is 1.97. The molecule has 0 aliphatic heterocycles. The standard InChI is InChI=1S/C18H28O4/c1-2-3-4-5-6-11-16(19)12-7-8-13-17(20)14-9-10-15-18(21)22/h7-8,12-13H,2-6,9-11,14-15H2,1H3,(H,21,22)/b12-7+,13-8+. The van der Waals surface area contributed by atoms with Gasteiger partial charge in [-0.15, -0.1) is 0 Å². The molecule has 0 fully saturated rings. The van der Waals surface area contributed by atoms with Gasteiger partial charge in [-0.05, 0) is 31.4 Å². The molecule has 124 valence electrons. The van der Waals surface area contributed by atoms with Crippen molar-refractivity contribution in [1.82, 2.24) is 0 Å². The Morgan fingerprint density at radius 2 is 1.18 bits per heavy atom. The highest BCUT2D eigenvalue weighted by atomic mass is 16.4. The van der Waals surface area contributed by atoms with Crippen LogP contribution in [0.25, 0.3) is 0 Å². The van der Waals surface area contributed by atoms with Crippen molar-refractivity contribution in [3.63, 3.8) is 0 Å². The van der Waals surface area contributed by atoms with Crippen LogP contribution >= 0.6 is 0 Å². The van der Waals surface area contributed by atoms with Crippen LogP contribution in [0.4, 0.5) is 0 Å². The zero-order valence-electron chi connectivity index (χ0n) is 13.6. The molecule has 0 rings (SSSR count). The molecule has 22 heavy (non-hydrogen) atoms. The topological polar surface area (TPSA) is 71.4 Å². The number of carbonyl (C=O) groups is 3. The van der Waals surface area contributed by atoms with Gasteiger partial charge in [-0.2, -0.15) is 0 Å². The molecule has 0 unspecified atom stereocenters. The predicted octanol–water partition coefficient (Wildman–Crippen LogP) is 4.24. The highest BCUT2D eigenvalue weighted by Gasteiger charge is 2.00. The second-order valence-corrected chi connectivity index (χ2v) is 5.42. The lowest BCUT2D eigenvalue weighted by Gasteiger charge is -1.97. The van der Waals surface area contributed by atoms with Crippen LogP contribution in [0.15, 0.2) is 24.3 Å². The third-order valence-corrected chi connectivity index (χ3v) is 3.27. The number of unbranched alkanes of at least 4 members (excludes halogenated alkanes) is 5. The van der Waals surface area contributed by atoms with Gasteiger partial charge in [0, 0.05) is 19.3 Å². The lowest BCUT2D eigenvalue weighted by atomic mass is 10.1. The molecule has 0 atom stereocenters. The normalized spacial score (nSPS) is 11.3. The summed E-state index contributed by atoms with van der Waals surface area (Å²) in [6, 6.07) is 0. The van der Waals surface area contributed by atoms with E-state index in [0.29, 0.717) is 25.7 Å². The van der Waals surface area contributed by atoms with E-state index < -0.39 is 5.97 Å². The summed E-state index contributed by atoms with van der Waals surface area (Å²) >= 11 is 0. The van der Waals surface area contributed by atoms with Crippen molar-refractivity contribution in [3.8, 4) is 0 Å². The van der Waals surface area contributed by atoms with E-state index in [1.54, 1.807) is 12.2 Å². The van der Waals surface area contributed by atoms with E-state index in [0.717, 1.165) is 12.8 Å². The van der Waals surface area contributed by atoms with Crippen molar-refractivity contribution in [3.05, 3.63) is 24.3 Å². The van der Waals surface area contributed by atoms with Gasteiger partial charge in [0.1, 0.15) is 0 Å². The number of carboxylic acids is 1. The summed E-state index contributed by atoms with van der Waals surface area (Å²) in [4.78, 5) is 33.3. The zero-order valence-corrected chi connectivity index (χ0v) is 13.6. The molecule has 4 heteroatoms. The third kappa shape index (κ3) is 14.7. The van der Waals surface area contributed by atoms with Gasteiger partial charge in [0.2, 0.25) is 0 Å². The summed E-state index contributed by atoms with van der Waals surface area (Å²) < 4.78 is 0. The van der Waals surface area contributed by atoms with E-state index >= 15 is 0 Å². The molecule has 0 aliphatic carbocycles. The van der Waals surface area contributed by atoms with E-state index in [9.17, 15) is 14.4 Å². The molecule has 0 heterocycles. The maximum Gasteiger partial charge on any atom is 0.303 e. The molecule has 4 nitrogen and oxygen atoms in total. The molecule has 0 saturated heterocycles. The first-order valence-corrected chi connectivity index (χ1v) is 8.18. The van der Waals surface area contributed by atoms with Crippen molar-refractivity contribution < 1.29 is 19.5 Å². The molecule has 0 aliphatic rings. The number of allylic oxidation sites excluding steroid dienone is 4. The summed E-state index contributed by atoms with van der Waals surface area (Å²) in [5.74, 6) is -0.781. The fourth-order valence-electron chi connectivity index (χ4n) is 1.97. The van der Waals surface area contributed by atoms with Crippen LogP contribution in [0, 0.1) is 0 Å². The number of hydrogen-bond acceptors (Lipinski definition) is 3. The first kappa shape index (κ1) is 20.3. The average Bonchev–Trinajstić information content (AvgIpc) is 2.47. The van der Waals surface area contributed by atoms with Gasteiger partial charge in [0.25, 0.3) is 0 Å². The molecule has 0 aromatic rings. The number of rotatable bonds is 14. The SMILES string of the molecule is CCCCCCCC(=O)/C=C/C=C/C(=O)CCCCC(=O)O. The maximum atomic E-state index is 11.5. The lowest BCUT2D eigenvalue weighted by Crippen LogP contribution is -1.96. The molecule has 1 N–H and O–H groups in total. The first-order valence-electron chi connectivity index (χ1n) is 8.18. The number of aliphatic carboxylic acids is 1. The first-order chi connectivity index (χ1) is 10.6. The van der Waals surface area contributed by atoms with Gasteiger partial charge in [0.15, 0.2) is 11.6 Å². The molecule has 0 amide bonds. The summed E-state index contributed by atoms with van der Waals surface area (Å²) in [6.07, 6.45) is 13.9. The summed E-state index contributed by atoms with van der Waals surface area (Å²) in [7, 11) is 0. The van der Waals surface area contributed by atoms with Crippen molar-refractivity contribution in [2.45, 2.75) is 71.1 Å². The molecule has 0 bridgehead atoms. The highest BCUT2D eigenvalue weighted by Crippen LogP contribution is 2.05. The Balaban J connectivity index is 3.69. The van der Waals surface area contributed by atoms with Gasteiger partial charge >= 0.3 is 5.97 Å². The molecule has 0 spiro atoms. The molecule has 0 radical (unpaired) electrons. The van der Waals surface area contributed by atoms with E-state index in [1.807, 2.05) is 0 Å².